The van der Waals surface area contributed by atoms with E-state index in [9.17, 15) is 10.2 Å². The highest BCUT2D eigenvalue weighted by Gasteiger charge is 2.18. The Morgan fingerprint density at radius 1 is 0.731 bits per heavy atom. The van der Waals surface area contributed by atoms with E-state index in [4.69, 9.17) is 0 Å². The first-order valence-electron chi connectivity index (χ1n) is 8.51. The zero-order chi connectivity index (χ0) is 18.3. The molecule has 4 aromatic rings. The van der Waals surface area contributed by atoms with Crippen LogP contribution >= 0.6 is 0 Å². The number of fused-ring (bicyclic) bond motifs is 2. The van der Waals surface area contributed by atoms with Crippen LogP contribution in [0.5, 0.6) is 11.5 Å². The van der Waals surface area contributed by atoms with Crippen molar-refractivity contribution in [3.63, 3.8) is 0 Å². The summed E-state index contributed by atoms with van der Waals surface area (Å²) in [6, 6.07) is 19.1. The highest BCUT2D eigenvalue weighted by molar-refractivity contribution is 6.18. The molecule has 0 saturated heterocycles. The molecule has 4 rings (SSSR count). The molecule has 0 aliphatic heterocycles. The number of anilines is 3. The first kappa shape index (κ1) is 16.1. The summed E-state index contributed by atoms with van der Waals surface area (Å²) in [5.41, 5.74) is 3.57. The van der Waals surface area contributed by atoms with Gasteiger partial charge in [-0.05, 0) is 36.8 Å². The largest absolute Gasteiger partial charge is 0.507 e. The van der Waals surface area contributed by atoms with E-state index in [1.165, 1.54) is 0 Å². The summed E-state index contributed by atoms with van der Waals surface area (Å²) in [6.45, 7) is 2.03. The standard InChI is InChI=1S/C22H20N2O2/c1-13-6-5-7-14(12-13)24-18-11-10-17(23-2)19-20(18)22(26)16-9-4-3-8-15(16)21(19)25/h3-12,23-26H,1-2H3. The molecule has 0 amide bonds. The van der Waals surface area contributed by atoms with Gasteiger partial charge >= 0.3 is 0 Å². The van der Waals surface area contributed by atoms with Gasteiger partial charge < -0.3 is 20.8 Å². The van der Waals surface area contributed by atoms with Crippen LogP contribution in [0, 0.1) is 6.92 Å². The Labute approximate surface area is 151 Å². The van der Waals surface area contributed by atoms with Crippen LogP contribution in [0.15, 0.2) is 60.7 Å². The quantitative estimate of drug-likeness (QED) is 0.293. The van der Waals surface area contributed by atoms with Gasteiger partial charge in [0, 0.05) is 29.2 Å². The van der Waals surface area contributed by atoms with Crippen molar-refractivity contribution in [1.29, 1.82) is 0 Å². The fourth-order valence-electron chi connectivity index (χ4n) is 3.45. The SMILES string of the molecule is CNc1ccc(Nc2cccc(C)c2)c2c(O)c3ccccc3c(O)c12. The molecule has 0 aromatic heterocycles. The van der Waals surface area contributed by atoms with Gasteiger partial charge in [0.2, 0.25) is 0 Å². The molecule has 0 saturated carbocycles. The van der Waals surface area contributed by atoms with Crippen LogP contribution in [0.1, 0.15) is 5.56 Å². The average molecular weight is 344 g/mol. The number of aryl methyl sites for hydroxylation is 1. The van der Waals surface area contributed by atoms with Crippen LogP contribution in [0.4, 0.5) is 17.1 Å². The van der Waals surface area contributed by atoms with Crippen LogP contribution in [-0.2, 0) is 0 Å². The molecule has 0 unspecified atom stereocenters. The highest BCUT2D eigenvalue weighted by Crippen LogP contribution is 2.47. The number of benzene rings is 4. The van der Waals surface area contributed by atoms with E-state index in [0.29, 0.717) is 21.5 Å². The molecule has 4 N–H and O–H groups in total. The Bertz CT molecular complexity index is 1140. The van der Waals surface area contributed by atoms with E-state index >= 15 is 0 Å². The van der Waals surface area contributed by atoms with Gasteiger partial charge in [-0.2, -0.15) is 0 Å². The molecule has 0 aliphatic rings. The average Bonchev–Trinajstić information content (AvgIpc) is 2.66. The van der Waals surface area contributed by atoms with Crippen molar-refractivity contribution >= 4 is 38.6 Å². The summed E-state index contributed by atoms with van der Waals surface area (Å²) in [5.74, 6) is 0.311. The molecule has 0 fully saturated rings. The maximum atomic E-state index is 11.0. The maximum Gasteiger partial charge on any atom is 0.133 e. The smallest absolute Gasteiger partial charge is 0.133 e. The van der Waals surface area contributed by atoms with Crippen LogP contribution in [0.25, 0.3) is 21.5 Å². The number of hydrogen-bond donors (Lipinski definition) is 4. The summed E-state index contributed by atoms with van der Waals surface area (Å²) >= 11 is 0. The van der Waals surface area contributed by atoms with Gasteiger partial charge in [-0.3, -0.25) is 0 Å². The molecule has 130 valence electrons. The predicted molar refractivity (Wildman–Crippen MR) is 109 cm³/mol. The lowest BCUT2D eigenvalue weighted by atomic mass is 9.98. The molecule has 4 nitrogen and oxygen atoms in total. The molecule has 0 radical (unpaired) electrons. The first-order valence-corrected chi connectivity index (χ1v) is 8.51. The topological polar surface area (TPSA) is 64.5 Å². The van der Waals surface area contributed by atoms with Gasteiger partial charge in [-0.25, -0.2) is 0 Å². The Kier molecular flexibility index (Phi) is 3.81. The third kappa shape index (κ3) is 2.47. The predicted octanol–water partition coefficient (Wildman–Crippen LogP) is 5.50. The zero-order valence-electron chi connectivity index (χ0n) is 14.7. The van der Waals surface area contributed by atoms with Crippen LogP contribution in [0.3, 0.4) is 0 Å². The van der Waals surface area contributed by atoms with Gasteiger partial charge in [-0.15, -0.1) is 0 Å². The Balaban J connectivity index is 2.06. The van der Waals surface area contributed by atoms with Gasteiger partial charge in [0.05, 0.1) is 16.5 Å². The fraction of sp³-hybridized carbons (Fsp3) is 0.0909. The second-order valence-corrected chi connectivity index (χ2v) is 6.40. The minimum atomic E-state index is 0.153. The monoisotopic (exact) mass is 344 g/mol. The van der Waals surface area contributed by atoms with E-state index in [2.05, 4.69) is 10.6 Å². The lowest BCUT2D eigenvalue weighted by Gasteiger charge is -2.17. The summed E-state index contributed by atoms with van der Waals surface area (Å²) in [4.78, 5) is 0. The number of hydrogen-bond acceptors (Lipinski definition) is 4. The molecular weight excluding hydrogens is 324 g/mol. The third-order valence-corrected chi connectivity index (χ3v) is 4.68. The normalized spacial score (nSPS) is 11.0. The van der Waals surface area contributed by atoms with Crippen molar-refractivity contribution in [2.75, 3.05) is 17.7 Å². The number of aromatic hydroxyl groups is 2. The molecule has 4 aromatic carbocycles. The van der Waals surface area contributed by atoms with Crippen molar-refractivity contribution in [2.24, 2.45) is 0 Å². The van der Waals surface area contributed by atoms with Crippen molar-refractivity contribution < 1.29 is 10.2 Å². The number of nitrogens with one attached hydrogen (secondary N) is 2. The van der Waals surface area contributed by atoms with Gasteiger partial charge in [0.25, 0.3) is 0 Å². The summed E-state index contributed by atoms with van der Waals surface area (Å²) in [7, 11) is 1.80. The van der Waals surface area contributed by atoms with Crippen molar-refractivity contribution in [3.05, 3.63) is 66.2 Å². The molecule has 0 aliphatic carbocycles. The van der Waals surface area contributed by atoms with Gasteiger partial charge in [0.1, 0.15) is 11.5 Å². The molecule has 4 heteroatoms. The number of phenolic OH excluding ortho intramolecular Hbond substituents is 2. The lowest BCUT2D eigenvalue weighted by Crippen LogP contribution is -1.96. The second kappa shape index (κ2) is 6.15. The summed E-state index contributed by atoms with van der Waals surface area (Å²) < 4.78 is 0. The molecule has 0 atom stereocenters. The summed E-state index contributed by atoms with van der Waals surface area (Å²) in [6.07, 6.45) is 0. The molecular formula is C22H20N2O2. The van der Waals surface area contributed by atoms with Crippen molar-refractivity contribution in [2.45, 2.75) is 6.92 Å². The Morgan fingerprint density at radius 2 is 1.35 bits per heavy atom. The van der Waals surface area contributed by atoms with Crippen molar-refractivity contribution in [1.82, 2.24) is 0 Å². The molecule has 0 bridgehead atoms. The number of rotatable bonds is 3. The second-order valence-electron chi connectivity index (χ2n) is 6.40. The van der Waals surface area contributed by atoms with E-state index in [1.54, 1.807) is 7.05 Å². The first-order chi connectivity index (χ1) is 12.6. The maximum absolute atomic E-state index is 11.0. The lowest BCUT2D eigenvalue weighted by molar-refractivity contribution is 0.479. The third-order valence-electron chi connectivity index (χ3n) is 4.68. The molecule has 26 heavy (non-hydrogen) atoms. The zero-order valence-corrected chi connectivity index (χ0v) is 14.7. The van der Waals surface area contributed by atoms with Crippen LogP contribution in [-0.4, -0.2) is 17.3 Å². The van der Waals surface area contributed by atoms with E-state index in [-0.39, 0.29) is 11.5 Å². The number of phenols is 2. The minimum absolute atomic E-state index is 0.153. The Morgan fingerprint density at radius 3 is 1.96 bits per heavy atom. The van der Waals surface area contributed by atoms with Crippen LogP contribution in [0.2, 0.25) is 0 Å². The highest BCUT2D eigenvalue weighted by atomic mass is 16.3. The minimum Gasteiger partial charge on any atom is -0.507 e. The van der Waals surface area contributed by atoms with E-state index < -0.39 is 0 Å². The fourth-order valence-corrected chi connectivity index (χ4v) is 3.45. The summed E-state index contributed by atoms with van der Waals surface area (Å²) in [5, 5.41) is 30.8. The van der Waals surface area contributed by atoms with Gasteiger partial charge in [0.15, 0.2) is 0 Å². The van der Waals surface area contributed by atoms with Crippen LogP contribution < -0.4 is 10.6 Å². The van der Waals surface area contributed by atoms with E-state index in [1.807, 2.05) is 67.6 Å². The molecule has 0 heterocycles. The Hall–Kier alpha value is -3.40. The van der Waals surface area contributed by atoms with E-state index in [0.717, 1.165) is 22.6 Å². The molecule has 0 spiro atoms. The van der Waals surface area contributed by atoms with Gasteiger partial charge in [-0.1, -0.05) is 36.4 Å². The van der Waals surface area contributed by atoms with Crippen molar-refractivity contribution in [3.8, 4) is 11.5 Å².